The van der Waals surface area contributed by atoms with E-state index in [2.05, 4.69) is 5.32 Å². The lowest BCUT2D eigenvalue weighted by atomic mass is 10.0. The van der Waals surface area contributed by atoms with Gasteiger partial charge in [-0.25, -0.2) is 9.59 Å². The molecule has 9 heteroatoms. The number of anilines is 1. The Morgan fingerprint density at radius 1 is 0.744 bits per heavy atom. The molecule has 0 fully saturated rings. The average molecular weight is 575 g/mol. The molecule has 0 radical (unpaired) electrons. The third kappa shape index (κ3) is 11.0. The zero-order valence-electron chi connectivity index (χ0n) is 22.8. The number of hydrogen-bond acceptors (Lipinski definition) is 6. The van der Waals surface area contributed by atoms with Crippen LogP contribution in [0.1, 0.15) is 57.5 Å². The average Bonchev–Trinajstić information content (AvgIpc) is 2.84. The molecule has 208 valence electrons. The molecule has 1 amide bonds. The molecular weight excluding hydrogens is 541 g/mol. The fraction of sp³-hybridized carbons (Fsp3) is 0.300. The van der Waals surface area contributed by atoms with Gasteiger partial charge in [-0.2, -0.15) is 0 Å². The van der Waals surface area contributed by atoms with Crippen LogP contribution in [0.4, 0.5) is 10.5 Å². The molecule has 1 N–H and O–H groups in total. The third-order valence-corrected chi connectivity index (χ3v) is 5.33. The first-order valence-electron chi connectivity index (χ1n) is 12.3. The normalized spacial score (nSPS) is 10.8. The van der Waals surface area contributed by atoms with Crippen LogP contribution in [0.3, 0.4) is 0 Å². The molecule has 3 aromatic rings. The molecule has 3 aromatic carbocycles. The quantitative estimate of drug-likeness (QED) is 0.217. The second-order valence-corrected chi connectivity index (χ2v) is 10.4. The number of amides is 1. The summed E-state index contributed by atoms with van der Waals surface area (Å²) in [6.07, 6.45) is -0.814. The predicted molar refractivity (Wildman–Crippen MR) is 154 cm³/mol. The molecular formula is C30H33Cl2NO6. The minimum atomic E-state index is -1.12. The van der Waals surface area contributed by atoms with Crippen molar-refractivity contribution in [3.63, 3.8) is 0 Å². The molecule has 0 saturated carbocycles. The molecule has 0 saturated heterocycles. The summed E-state index contributed by atoms with van der Waals surface area (Å²) >= 11 is 11.6. The third-order valence-electron chi connectivity index (χ3n) is 4.84. The fourth-order valence-electron chi connectivity index (χ4n) is 3.06. The molecule has 39 heavy (non-hydrogen) atoms. The highest BCUT2D eigenvalue weighted by Gasteiger charge is 2.32. The number of nitrogens with one attached hydrogen (secondary N) is 1. The van der Waals surface area contributed by atoms with Gasteiger partial charge >= 0.3 is 12.1 Å². The van der Waals surface area contributed by atoms with Gasteiger partial charge in [0.1, 0.15) is 5.75 Å². The first kappa shape index (κ1) is 31.7. The van der Waals surface area contributed by atoms with Gasteiger partial charge < -0.3 is 14.2 Å². The topological polar surface area (TPSA) is 90.9 Å². The lowest BCUT2D eigenvalue weighted by Crippen LogP contribution is -2.40. The Bertz CT molecular complexity index is 1260. The Morgan fingerprint density at radius 3 is 1.79 bits per heavy atom. The van der Waals surface area contributed by atoms with Crippen LogP contribution in [-0.4, -0.2) is 35.7 Å². The number of ether oxygens (including phenoxy) is 3. The van der Waals surface area contributed by atoms with Gasteiger partial charge in [-0.05, 0) is 108 Å². The molecule has 0 bridgehead atoms. The van der Waals surface area contributed by atoms with Gasteiger partial charge in [-0.1, -0.05) is 29.3 Å². The van der Waals surface area contributed by atoms with E-state index < -0.39 is 17.7 Å². The van der Waals surface area contributed by atoms with Crippen molar-refractivity contribution in [3.05, 3.63) is 94.0 Å². The van der Waals surface area contributed by atoms with Crippen LogP contribution in [-0.2, 0) is 14.3 Å². The smallest absolute Gasteiger partial charge is 0.411 e. The monoisotopic (exact) mass is 573 g/mol. The summed E-state index contributed by atoms with van der Waals surface area (Å²) in [7, 11) is 0. The summed E-state index contributed by atoms with van der Waals surface area (Å²) in [6.45, 7) is 10.4. The molecule has 3 rings (SSSR count). The standard InChI is InChI=1S/C20H21ClO4.C10H12ClNO2/c1-13(2)24-19(23)20(3,4)25-17-11-7-15(8-12-17)18(22)14-5-9-16(21)10-6-14;1-7(2)14-10(13)12-9-5-3-4-8(11)6-9/h5-13H,1-4H3;3-7H,1-2H3,(H,12,13). The number of rotatable bonds is 8. The van der Waals surface area contributed by atoms with Gasteiger partial charge in [0, 0.05) is 26.9 Å². The molecule has 7 nitrogen and oxygen atoms in total. The highest BCUT2D eigenvalue weighted by atomic mass is 35.5. The Labute approximate surface area is 239 Å². The van der Waals surface area contributed by atoms with Crippen LogP contribution in [0.5, 0.6) is 5.75 Å². The number of carbonyl (C=O) groups excluding carboxylic acids is 3. The maximum Gasteiger partial charge on any atom is 0.411 e. The van der Waals surface area contributed by atoms with Crippen LogP contribution in [0, 0.1) is 0 Å². The zero-order valence-corrected chi connectivity index (χ0v) is 24.3. The van der Waals surface area contributed by atoms with E-state index in [1.807, 2.05) is 0 Å². The zero-order chi connectivity index (χ0) is 29.2. The van der Waals surface area contributed by atoms with Crippen molar-refractivity contribution in [2.24, 2.45) is 0 Å². The van der Waals surface area contributed by atoms with E-state index in [0.29, 0.717) is 32.6 Å². The first-order chi connectivity index (χ1) is 18.3. The van der Waals surface area contributed by atoms with Crippen molar-refractivity contribution in [2.45, 2.75) is 59.4 Å². The number of esters is 1. The summed E-state index contributed by atoms with van der Waals surface area (Å²) in [4.78, 5) is 35.6. The molecule has 0 unspecified atom stereocenters. The van der Waals surface area contributed by atoms with Crippen molar-refractivity contribution in [2.75, 3.05) is 5.32 Å². The van der Waals surface area contributed by atoms with Crippen molar-refractivity contribution >= 4 is 46.7 Å². The molecule has 0 aliphatic carbocycles. The van der Waals surface area contributed by atoms with Gasteiger partial charge in [0.25, 0.3) is 0 Å². The second kappa shape index (κ2) is 14.6. The van der Waals surface area contributed by atoms with Gasteiger partial charge in [0.05, 0.1) is 12.2 Å². The van der Waals surface area contributed by atoms with Gasteiger partial charge in [-0.3, -0.25) is 10.1 Å². The van der Waals surface area contributed by atoms with E-state index in [1.54, 1.807) is 114 Å². The van der Waals surface area contributed by atoms with Crippen molar-refractivity contribution < 1.29 is 28.6 Å². The highest BCUT2D eigenvalue weighted by molar-refractivity contribution is 6.31. The van der Waals surface area contributed by atoms with Crippen LogP contribution in [0.15, 0.2) is 72.8 Å². The summed E-state index contributed by atoms with van der Waals surface area (Å²) in [5.74, 6) is -0.0659. The summed E-state index contributed by atoms with van der Waals surface area (Å²) in [6, 6.07) is 20.3. The first-order valence-corrected chi connectivity index (χ1v) is 13.1. The van der Waals surface area contributed by atoms with Gasteiger partial charge in [0.2, 0.25) is 0 Å². The molecule has 0 aliphatic heterocycles. The Hall–Kier alpha value is -3.55. The van der Waals surface area contributed by atoms with E-state index in [0.717, 1.165) is 0 Å². The van der Waals surface area contributed by atoms with Crippen LogP contribution in [0.2, 0.25) is 10.0 Å². The van der Waals surface area contributed by atoms with Crippen LogP contribution in [0.25, 0.3) is 0 Å². The van der Waals surface area contributed by atoms with Crippen molar-refractivity contribution in [3.8, 4) is 5.75 Å². The highest BCUT2D eigenvalue weighted by Crippen LogP contribution is 2.22. The summed E-state index contributed by atoms with van der Waals surface area (Å²) in [5, 5.41) is 3.72. The number of halogens is 2. The molecule has 0 aliphatic rings. The molecule has 0 spiro atoms. The van der Waals surface area contributed by atoms with Gasteiger partial charge in [-0.15, -0.1) is 0 Å². The molecule has 0 aromatic heterocycles. The van der Waals surface area contributed by atoms with E-state index in [4.69, 9.17) is 37.4 Å². The number of benzene rings is 3. The van der Waals surface area contributed by atoms with E-state index in [-0.39, 0.29) is 18.0 Å². The Kier molecular flexibility index (Phi) is 11.8. The van der Waals surface area contributed by atoms with Crippen molar-refractivity contribution in [1.82, 2.24) is 0 Å². The van der Waals surface area contributed by atoms with E-state index >= 15 is 0 Å². The van der Waals surface area contributed by atoms with Crippen LogP contribution < -0.4 is 10.1 Å². The minimum absolute atomic E-state index is 0.110. The summed E-state index contributed by atoms with van der Waals surface area (Å²) in [5.41, 5.74) is 0.589. The number of hydrogen-bond donors (Lipinski definition) is 1. The number of ketones is 1. The molecule has 0 heterocycles. The van der Waals surface area contributed by atoms with Crippen molar-refractivity contribution in [1.29, 1.82) is 0 Å². The Morgan fingerprint density at radius 2 is 1.28 bits per heavy atom. The van der Waals surface area contributed by atoms with E-state index in [1.165, 1.54) is 0 Å². The SMILES string of the molecule is CC(C)OC(=O)C(C)(C)Oc1ccc(C(=O)c2ccc(Cl)cc2)cc1.CC(C)OC(=O)Nc1cccc(Cl)c1. The maximum absolute atomic E-state index is 12.4. The maximum atomic E-state index is 12.4. The molecule has 0 atom stereocenters. The summed E-state index contributed by atoms with van der Waals surface area (Å²) < 4.78 is 15.8. The van der Waals surface area contributed by atoms with Gasteiger partial charge in [0.15, 0.2) is 11.4 Å². The van der Waals surface area contributed by atoms with Crippen LogP contribution >= 0.6 is 23.2 Å². The minimum Gasteiger partial charge on any atom is -0.476 e. The fourth-order valence-corrected chi connectivity index (χ4v) is 3.38. The predicted octanol–water partition coefficient (Wildman–Crippen LogP) is 7.98. The van der Waals surface area contributed by atoms with E-state index in [9.17, 15) is 14.4 Å². The Balaban J connectivity index is 0.000000322. The second-order valence-electron chi connectivity index (χ2n) is 9.52. The largest absolute Gasteiger partial charge is 0.476 e. The number of carbonyl (C=O) groups is 3. The lowest BCUT2D eigenvalue weighted by Gasteiger charge is -2.25. The lowest BCUT2D eigenvalue weighted by molar-refractivity contribution is -0.163.